The van der Waals surface area contributed by atoms with Crippen LogP contribution in [0, 0.1) is 5.41 Å². The van der Waals surface area contributed by atoms with E-state index in [-0.39, 0.29) is 18.9 Å². The lowest BCUT2D eigenvalue weighted by Crippen LogP contribution is -2.72. The fraction of sp³-hybridized carbons (Fsp3) is 0.429. The summed E-state index contributed by atoms with van der Waals surface area (Å²) in [6.45, 7) is 4.12. The van der Waals surface area contributed by atoms with Crippen LogP contribution in [0.15, 0.2) is 14.6 Å². The Morgan fingerprint density at radius 3 is 2.82 bits per heavy atom. The first-order valence-corrected chi connectivity index (χ1v) is 12.6. The van der Waals surface area contributed by atoms with Crippen molar-refractivity contribution in [3.8, 4) is 10.6 Å². The largest absolute Gasteiger partial charge is 0.372 e. The highest BCUT2D eigenvalue weighted by atomic mass is 79.9. The van der Waals surface area contributed by atoms with E-state index in [2.05, 4.69) is 31.4 Å². The van der Waals surface area contributed by atoms with Gasteiger partial charge in [-0.2, -0.15) is 0 Å². The third-order valence-corrected chi connectivity index (χ3v) is 8.54. The molecule has 0 aliphatic carbocycles. The van der Waals surface area contributed by atoms with Gasteiger partial charge in [-0.1, -0.05) is 16.8 Å². The van der Waals surface area contributed by atoms with Crippen molar-refractivity contribution >= 4 is 73.3 Å². The Kier molecular flexibility index (Phi) is 4.90. The number of imide groups is 1. The fourth-order valence-corrected chi connectivity index (χ4v) is 7.07. The van der Waals surface area contributed by atoms with Crippen molar-refractivity contribution in [2.24, 2.45) is 5.41 Å². The first-order valence-electron chi connectivity index (χ1n) is 10.6. The highest BCUT2D eigenvalue weighted by Gasteiger charge is 2.63. The van der Waals surface area contributed by atoms with Crippen molar-refractivity contribution in [2.75, 3.05) is 11.4 Å². The van der Waals surface area contributed by atoms with Crippen molar-refractivity contribution in [2.45, 2.75) is 44.9 Å². The number of rotatable bonds is 1. The molecular weight excluding hydrogens is 550 g/mol. The van der Waals surface area contributed by atoms with Crippen molar-refractivity contribution in [3.05, 3.63) is 20.8 Å². The lowest BCUT2D eigenvalue weighted by molar-refractivity contribution is -0.158. The lowest BCUT2D eigenvalue weighted by Gasteiger charge is -2.55. The average Bonchev–Trinajstić information content (AvgIpc) is 3.37. The van der Waals surface area contributed by atoms with Crippen molar-refractivity contribution < 1.29 is 23.6 Å². The van der Waals surface area contributed by atoms with Gasteiger partial charge in [-0.15, -0.1) is 11.3 Å². The minimum atomic E-state index is -1.53. The van der Waals surface area contributed by atoms with Crippen LogP contribution in [0.2, 0.25) is 5.02 Å². The zero-order valence-corrected chi connectivity index (χ0v) is 21.1. The second-order valence-electron chi connectivity index (χ2n) is 8.78. The van der Waals surface area contributed by atoms with E-state index in [0.717, 1.165) is 4.88 Å². The SMILES string of the molecule is C[C@@H]1CN2c3c(nc4c(-c5cnc(Br)s5)noc4c3Cl)CC3(C(=O)CC(=O)NC3=O)[C@H]2[C@H](C)O1. The highest BCUT2D eigenvalue weighted by Crippen LogP contribution is 2.51. The van der Waals surface area contributed by atoms with Gasteiger partial charge in [0.2, 0.25) is 17.4 Å². The van der Waals surface area contributed by atoms with Crippen LogP contribution in [0.3, 0.4) is 0 Å². The summed E-state index contributed by atoms with van der Waals surface area (Å²) in [6, 6.07) is -0.659. The molecule has 34 heavy (non-hydrogen) atoms. The molecule has 0 saturated carbocycles. The number of hydrogen-bond donors (Lipinski definition) is 1. The first kappa shape index (κ1) is 22.1. The molecule has 3 aromatic rings. The Balaban J connectivity index is 1.60. The molecular formula is C21H17BrClN5O5S. The second-order valence-corrected chi connectivity index (χ2v) is 11.5. The Labute approximate surface area is 210 Å². The maximum Gasteiger partial charge on any atom is 0.242 e. The number of amides is 2. The van der Waals surface area contributed by atoms with Gasteiger partial charge in [-0.3, -0.25) is 19.7 Å². The molecule has 2 amide bonds. The highest BCUT2D eigenvalue weighted by molar-refractivity contribution is 9.11. The van der Waals surface area contributed by atoms with E-state index in [1.54, 1.807) is 6.20 Å². The van der Waals surface area contributed by atoms with E-state index in [9.17, 15) is 14.4 Å². The predicted octanol–water partition coefficient (Wildman–Crippen LogP) is 2.90. The number of ketones is 1. The Morgan fingerprint density at radius 1 is 1.32 bits per heavy atom. The maximum atomic E-state index is 13.4. The standard InChI is InChI=1S/C21H17BrClN5O5S/c1-7-6-28-16-9(4-21(18(28)8(2)32-7)11(29)3-12(30)26-19(21)31)25-15-14(10-5-24-20(22)34-10)27-33-17(15)13(16)23/h5,7-8,18H,3-4,6H2,1-2H3,(H,26,30,31)/t7-,8+,18-,21?/m1/s1. The summed E-state index contributed by atoms with van der Waals surface area (Å²) in [7, 11) is 0. The van der Waals surface area contributed by atoms with Crippen LogP contribution >= 0.6 is 38.9 Å². The van der Waals surface area contributed by atoms with Crippen LogP contribution in [-0.2, 0) is 25.5 Å². The number of piperidine rings is 1. The summed E-state index contributed by atoms with van der Waals surface area (Å²) in [4.78, 5) is 50.4. The molecule has 2 fully saturated rings. The van der Waals surface area contributed by atoms with E-state index in [1.165, 1.54) is 11.3 Å². The molecule has 0 bridgehead atoms. The molecule has 0 radical (unpaired) electrons. The molecule has 6 heterocycles. The first-order chi connectivity index (χ1) is 16.2. The molecule has 176 valence electrons. The molecule has 6 rings (SSSR count). The molecule has 0 aromatic carbocycles. The van der Waals surface area contributed by atoms with Gasteiger partial charge >= 0.3 is 0 Å². The summed E-state index contributed by atoms with van der Waals surface area (Å²) in [5, 5.41) is 6.86. The van der Waals surface area contributed by atoms with Gasteiger partial charge in [0.15, 0.2) is 15.4 Å². The van der Waals surface area contributed by atoms with Crippen molar-refractivity contribution in [1.82, 2.24) is 20.4 Å². The van der Waals surface area contributed by atoms with E-state index >= 15 is 0 Å². The van der Waals surface area contributed by atoms with E-state index < -0.39 is 35.2 Å². The summed E-state index contributed by atoms with van der Waals surface area (Å²) < 4.78 is 12.3. The third-order valence-electron chi connectivity index (χ3n) is 6.70. The normalized spacial score (nSPS) is 28.9. The number of halogens is 2. The molecule has 1 unspecified atom stereocenters. The number of fused-ring (bicyclic) bond motifs is 5. The molecule has 2 saturated heterocycles. The van der Waals surface area contributed by atoms with E-state index in [1.807, 2.05) is 18.7 Å². The average molecular weight is 567 g/mol. The number of carbonyl (C=O) groups is 3. The predicted molar refractivity (Wildman–Crippen MR) is 126 cm³/mol. The van der Waals surface area contributed by atoms with E-state index in [0.29, 0.717) is 43.7 Å². The number of hydrogen-bond acceptors (Lipinski definition) is 10. The monoisotopic (exact) mass is 565 g/mol. The number of morpholine rings is 1. The number of anilines is 1. The van der Waals surface area contributed by atoms with Crippen LogP contribution in [0.25, 0.3) is 21.7 Å². The molecule has 4 atom stereocenters. The van der Waals surface area contributed by atoms with Crippen LogP contribution < -0.4 is 10.2 Å². The Hall–Kier alpha value is -2.41. The summed E-state index contributed by atoms with van der Waals surface area (Å²) >= 11 is 11.6. The van der Waals surface area contributed by atoms with Gasteiger partial charge in [0.25, 0.3) is 0 Å². The number of thiazole rings is 1. The smallest absolute Gasteiger partial charge is 0.242 e. The number of carbonyl (C=O) groups excluding carboxylic acids is 3. The van der Waals surface area contributed by atoms with Gasteiger partial charge in [0.1, 0.15) is 16.0 Å². The quantitative estimate of drug-likeness (QED) is 0.349. The maximum absolute atomic E-state index is 13.4. The molecule has 1 spiro atoms. The van der Waals surface area contributed by atoms with Gasteiger partial charge in [0.05, 0.1) is 40.9 Å². The zero-order chi connectivity index (χ0) is 23.9. The molecule has 3 aliphatic rings. The van der Waals surface area contributed by atoms with Gasteiger partial charge in [-0.05, 0) is 29.8 Å². The van der Waals surface area contributed by atoms with Crippen LogP contribution in [-0.4, -0.2) is 57.5 Å². The van der Waals surface area contributed by atoms with Crippen LogP contribution in [0.1, 0.15) is 26.0 Å². The van der Waals surface area contributed by atoms with Gasteiger partial charge in [0, 0.05) is 19.2 Å². The minimum Gasteiger partial charge on any atom is -0.372 e. The van der Waals surface area contributed by atoms with Crippen molar-refractivity contribution in [3.63, 3.8) is 0 Å². The molecule has 3 aliphatic heterocycles. The molecule has 1 N–H and O–H groups in total. The number of nitrogens with zero attached hydrogens (tertiary/aromatic N) is 4. The van der Waals surface area contributed by atoms with Gasteiger partial charge < -0.3 is 14.2 Å². The second kappa shape index (κ2) is 7.54. The molecule has 13 heteroatoms. The van der Waals surface area contributed by atoms with Crippen molar-refractivity contribution in [1.29, 1.82) is 0 Å². The minimum absolute atomic E-state index is 0.0177. The Morgan fingerprint density at radius 2 is 2.12 bits per heavy atom. The van der Waals surface area contributed by atoms with E-state index in [4.69, 9.17) is 25.8 Å². The van der Waals surface area contributed by atoms with Crippen LogP contribution in [0.5, 0.6) is 0 Å². The summed E-state index contributed by atoms with van der Waals surface area (Å²) in [5.41, 5.74) is 0.740. The number of Topliss-reactive ketones (excluding diaryl/α,β-unsaturated/α-hetero) is 1. The molecule has 3 aromatic heterocycles. The zero-order valence-electron chi connectivity index (χ0n) is 17.9. The van der Waals surface area contributed by atoms with Gasteiger partial charge in [-0.25, -0.2) is 9.97 Å². The summed E-state index contributed by atoms with van der Waals surface area (Å²) in [6.07, 6.45) is 0.580. The number of nitrogens with one attached hydrogen (secondary N) is 1. The lowest BCUT2D eigenvalue weighted by atomic mass is 9.64. The Bertz CT molecular complexity index is 1390. The van der Waals surface area contributed by atoms with Crippen LogP contribution in [0.4, 0.5) is 5.69 Å². The molecule has 10 nitrogen and oxygen atoms in total. The number of aromatic nitrogens is 3. The number of pyridine rings is 1. The number of ether oxygens (including phenoxy) is 1. The fourth-order valence-electron chi connectivity index (χ4n) is 5.48. The topological polar surface area (TPSA) is 128 Å². The summed E-state index contributed by atoms with van der Waals surface area (Å²) in [5.74, 6) is -1.68. The third kappa shape index (κ3) is 2.95.